The van der Waals surface area contributed by atoms with Gasteiger partial charge >= 0.3 is 0 Å². The van der Waals surface area contributed by atoms with Crippen LogP contribution in [-0.2, 0) is 6.42 Å². The molecule has 2 aromatic rings. The first kappa shape index (κ1) is 16.6. The van der Waals surface area contributed by atoms with Crippen molar-refractivity contribution in [3.63, 3.8) is 0 Å². The second-order valence-electron chi connectivity index (χ2n) is 7.74. The average molecular weight is 350 g/mol. The van der Waals surface area contributed by atoms with Crippen LogP contribution < -0.4 is 4.74 Å². The van der Waals surface area contributed by atoms with Crippen molar-refractivity contribution in [2.45, 2.75) is 38.7 Å². The van der Waals surface area contributed by atoms with E-state index >= 15 is 0 Å². The summed E-state index contributed by atoms with van der Waals surface area (Å²) < 4.78 is 6.05. The van der Waals surface area contributed by atoms with Gasteiger partial charge < -0.3 is 20.1 Å². The number of hydrogen-bond acceptors (Lipinski definition) is 4. The molecule has 2 aliphatic rings. The van der Waals surface area contributed by atoms with E-state index < -0.39 is 5.60 Å². The first-order valence-corrected chi connectivity index (χ1v) is 8.66. The number of allylic oxidation sites excluding steroid dienone is 1. The summed E-state index contributed by atoms with van der Waals surface area (Å²) in [5.41, 5.74) is 4.43. The van der Waals surface area contributed by atoms with Gasteiger partial charge in [-0.2, -0.15) is 0 Å². The third-order valence-corrected chi connectivity index (χ3v) is 5.22. The van der Waals surface area contributed by atoms with Gasteiger partial charge in [-0.05, 0) is 74.2 Å². The van der Waals surface area contributed by atoms with Crippen LogP contribution in [0.4, 0.5) is 0 Å². The Morgan fingerprint density at radius 2 is 1.81 bits per heavy atom. The summed E-state index contributed by atoms with van der Waals surface area (Å²) in [5.74, 6) is 0.400. The van der Waals surface area contributed by atoms with Crippen molar-refractivity contribution in [3.8, 4) is 34.1 Å². The van der Waals surface area contributed by atoms with Crippen LogP contribution in [-0.4, -0.2) is 20.9 Å². The molecular formula is C22H22O4. The summed E-state index contributed by atoms with van der Waals surface area (Å²) in [4.78, 5) is 0. The number of benzene rings is 2. The Hall–Kier alpha value is -2.88. The van der Waals surface area contributed by atoms with E-state index in [1.54, 1.807) is 12.1 Å². The van der Waals surface area contributed by atoms with Gasteiger partial charge in [0.2, 0.25) is 0 Å². The van der Waals surface area contributed by atoms with E-state index in [0.717, 1.165) is 27.8 Å². The molecule has 0 unspecified atom stereocenters. The maximum atomic E-state index is 11.0. The van der Waals surface area contributed by atoms with Crippen LogP contribution in [0.3, 0.4) is 0 Å². The third-order valence-electron chi connectivity index (χ3n) is 5.22. The third kappa shape index (κ3) is 2.37. The van der Waals surface area contributed by atoms with Crippen molar-refractivity contribution in [1.82, 2.24) is 0 Å². The summed E-state index contributed by atoms with van der Waals surface area (Å²) in [6.07, 6.45) is 4.43. The Kier molecular flexibility index (Phi) is 3.38. The molecule has 26 heavy (non-hydrogen) atoms. The van der Waals surface area contributed by atoms with Crippen LogP contribution in [0.5, 0.6) is 23.0 Å². The van der Waals surface area contributed by atoms with Crippen LogP contribution in [0.25, 0.3) is 17.2 Å². The number of phenolic OH excluding ortho intramolecular Hbond substituents is 3. The van der Waals surface area contributed by atoms with Gasteiger partial charge in [0, 0.05) is 11.5 Å². The molecule has 0 amide bonds. The molecule has 0 spiro atoms. The molecule has 4 heteroatoms. The fraction of sp³-hybridized carbons (Fsp3) is 0.273. The van der Waals surface area contributed by atoms with E-state index in [2.05, 4.69) is 6.58 Å². The highest BCUT2D eigenvalue weighted by atomic mass is 16.5. The zero-order valence-corrected chi connectivity index (χ0v) is 15.1. The van der Waals surface area contributed by atoms with Crippen LogP contribution in [0, 0.1) is 0 Å². The predicted molar refractivity (Wildman–Crippen MR) is 102 cm³/mol. The molecule has 4 rings (SSSR count). The molecule has 0 bridgehead atoms. The lowest BCUT2D eigenvalue weighted by molar-refractivity contribution is 0.158. The molecule has 0 saturated carbocycles. The van der Waals surface area contributed by atoms with Crippen molar-refractivity contribution in [2.24, 2.45) is 0 Å². The van der Waals surface area contributed by atoms with Crippen molar-refractivity contribution < 1.29 is 20.1 Å². The van der Waals surface area contributed by atoms with Gasteiger partial charge in [-0.3, -0.25) is 0 Å². The van der Waals surface area contributed by atoms with Gasteiger partial charge in [0.1, 0.15) is 17.1 Å². The first-order chi connectivity index (χ1) is 12.2. The minimum absolute atomic E-state index is 0.0740. The highest BCUT2D eigenvalue weighted by Crippen LogP contribution is 2.53. The summed E-state index contributed by atoms with van der Waals surface area (Å²) in [6.45, 7) is 9.94. The zero-order valence-electron chi connectivity index (χ0n) is 15.1. The van der Waals surface area contributed by atoms with Crippen molar-refractivity contribution in [2.75, 3.05) is 0 Å². The highest BCUT2D eigenvalue weighted by molar-refractivity contribution is 5.84. The van der Waals surface area contributed by atoms with Crippen molar-refractivity contribution >= 4 is 6.08 Å². The fourth-order valence-electron chi connectivity index (χ4n) is 3.88. The molecule has 4 nitrogen and oxygen atoms in total. The Bertz CT molecular complexity index is 982. The molecule has 134 valence electrons. The molecular weight excluding hydrogens is 328 g/mol. The SMILES string of the molecule is C=C(C)[C@H]1Cc2cc(O)c(O)cc2-c2cc3c(c(O)c21)C=CC(C)(C)O3. The van der Waals surface area contributed by atoms with Crippen LogP contribution in [0.2, 0.25) is 0 Å². The van der Waals surface area contributed by atoms with Gasteiger partial charge in [0.15, 0.2) is 11.5 Å². The van der Waals surface area contributed by atoms with Gasteiger partial charge in [-0.15, -0.1) is 0 Å². The van der Waals surface area contributed by atoms with Gasteiger partial charge in [0.05, 0.1) is 5.56 Å². The maximum absolute atomic E-state index is 11.0. The summed E-state index contributed by atoms with van der Waals surface area (Å²) in [7, 11) is 0. The molecule has 0 aromatic heterocycles. The number of rotatable bonds is 1. The number of fused-ring (bicyclic) bond motifs is 4. The number of phenols is 3. The van der Waals surface area contributed by atoms with E-state index in [-0.39, 0.29) is 23.2 Å². The largest absolute Gasteiger partial charge is 0.507 e. The Balaban J connectivity index is 2.04. The Labute approximate surface area is 152 Å². The summed E-state index contributed by atoms with van der Waals surface area (Å²) >= 11 is 0. The molecule has 1 atom stereocenters. The zero-order chi connectivity index (χ0) is 18.8. The molecule has 0 saturated heterocycles. The van der Waals surface area contributed by atoms with Crippen molar-refractivity contribution in [1.29, 1.82) is 0 Å². The minimum Gasteiger partial charge on any atom is -0.507 e. The molecule has 1 aliphatic heterocycles. The maximum Gasteiger partial charge on any atom is 0.158 e. The number of hydrogen-bond donors (Lipinski definition) is 3. The average Bonchev–Trinajstić information content (AvgIpc) is 2.54. The second-order valence-corrected chi connectivity index (χ2v) is 7.74. The highest BCUT2D eigenvalue weighted by Gasteiger charge is 2.33. The van der Waals surface area contributed by atoms with E-state index in [1.807, 2.05) is 39.0 Å². The van der Waals surface area contributed by atoms with E-state index in [9.17, 15) is 15.3 Å². The number of aromatic hydroxyl groups is 3. The minimum atomic E-state index is -0.462. The van der Waals surface area contributed by atoms with Gasteiger partial charge in [-0.25, -0.2) is 0 Å². The fourth-order valence-corrected chi connectivity index (χ4v) is 3.88. The molecule has 2 aromatic carbocycles. The summed E-state index contributed by atoms with van der Waals surface area (Å²) in [6, 6.07) is 5.05. The molecule has 0 radical (unpaired) electrons. The molecule has 1 heterocycles. The smallest absolute Gasteiger partial charge is 0.158 e. The normalized spacial score (nSPS) is 19.1. The van der Waals surface area contributed by atoms with Crippen LogP contribution in [0.1, 0.15) is 43.4 Å². The van der Waals surface area contributed by atoms with Gasteiger partial charge in [0.25, 0.3) is 0 Å². The Morgan fingerprint density at radius 3 is 2.50 bits per heavy atom. The topological polar surface area (TPSA) is 69.9 Å². The Morgan fingerprint density at radius 1 is 1.12 bits per heavy atom. The molecule has 3 N–H and O–H groups in total. The van der Waals surface area contributed by atoms with Gasteiger partial charge in [-0.1, -0.05) is 12.2 Å². The lowest BCUT2D eigenvalue weighted by atomic mass is 9.74. The quantitative estimate of drug-likeness (QED) is 0.507. The lowest BCUT2D eigenvalue weighted by Crippen LogP contribution is -2.28. The van der Waals surface area contributed by atoms with Crippen LogP contribution >= 0.6 is 0 Å². The first-order valence-electron chi connectivity index (χ1n) is 8.66. The van der Waals surface area contributed by atoms with E-state index in [4.69, 9.17) is 4.74 Å². The molecule has 1 aliphatic carbocycles. The second kappa shape index (κ2) is 5.31. The van der Waals surface area contributed by atoms with E-state index in [0.29, 0.717) is 17.7 Å². The van der Waals surface area contributed by atoms with Crippen LogP contribution in [0.15, 0.2) is 36.4 Å². The van der Waals surface area contributed by atoms with E-state index in [1.165, 1.54) is 0 Å². The lowest BCUT2D eigenvalue weighted by Gasteiger charge is -2.34. The van der Waals surface area contributed by atoms with Crippen molar-refractivity contribution in [3.05, 3.63) is 53.1 Å². The monoisotopic (exact) mass is 350 g/mol. The standard InChI is InChI=1S/C22H22O4/c1-11(2)14-7-12-8-17(23)18(24)9-15(12)16-10-19-13(21(25)20(14)16)5-6-22(3,4)26-19/h5-6,8-10,14,23-25H,1,7H2,2-4H3/t14-/m1/s1. The predicted octanol–water partition coefficient (Wildman–Crippen LogP) is 4.87. The molecule has 0 fully saturated rings. The number of ether oxygens (including phenoxy) is 1. The summed E-state index contributed by atoms with van der Waals surface area (Å²) in [5, 5.41) is 30.9.